The van der Waals surface area contributed by atoms with Gasteiger partial charge in [0.05, 0.1) is 0 Å². The highest BCUT2D eigenvalue weighted by atomic mass is 35.5. The van der Waals surface area contributed by atoms with Gasteiger partial charge in [0.15, 0.2) is 0 Å². The van der Waals surface area contributed by atoms with Crippen molar-refractivity contribution in [3.8, 4) is 0 Å². The second-order valence-corrected chi connectivity index (χ2v) is 6.98. The van der Waals surface area contributed by atoms with Gasteiger partial charge >= 0.3 is 6.03 Å². The van der Waals surface area contributed by atoms with E-state index in [-0.39, 0.29) is 12.1 Å². The lowest BCUT2D eigenvalue weighted by Crippen LogP contribution is -2.46. The first-order chi connectivity index (χ1) is 12.7. The molecule has 0 spiro atoms. The van der Waals surface area contributed by atoms with Crippen LogP contribution in [0.3, 0.4) is 0 Å². The number of urea groups is 1. The predicted octanol–water partition coefficient (Wildman–Crippen LogP) is 4.27. The minimum Gasteiger partial charge on any atom is -0.335 e. The first-order valence-electron chi connectivity index (χ1n) is 8.94. The van der Waals surface area contributed by atoms with Crippen molar-refractivity contribution in [2.75, 3.05) is 13.1 Å². The molecule has 0 aromatic heterocycles. The van der Waals surface area contributed by atoms with Crippen molar-refractivity contribution in [2.24, 2.45) is 0 Å². The lowest BCUT2D eigenvalue weighted by atomic mass is 10.0. The maximum absolute atomic E-state index is 12.0. The van der Waals surface area contributed by atoms with E-state index < -0.39 is 0 Å². The zero-order chi connectivity index (χ0) is 18.2. The summed E-state index contributed by atoms with van der Waals surface area (Å²) in [5.41, 5.74) is 2.29. The summed E-state index contributed by atoms with van der Waals surface area (Å²) >= 11 is 5.94. The molecule has 2 amide bonds. The number of benzene rings is 2. The summed E-state index contributed by atoms with van der Waals surface area (Å²) in [6, 6.07) is 18.0. The number of nitrogens with one attached hydrogen (secondary N) is 2. The van der Waals surface area contributed by atoms with Crippen LogP contribution in [0.2, 0.25) is 5.02 Å². The van der Waals surface area contributed by atoms with Crippen molar-refractivity contribution in [1.29, 1.82) is 0 Å². The van der Waals surface area contributed by atoms with E-state index in [4.69, 9.17) is 11.6 Å². The van der Waals surface area contributed by atoms with Gasteiger partial charge in [-0.25, -0.2) is 4.79 Å². The molecule has 2 N–H and O–H groups in total. The minimum atomic E-state index is -0.162. The van der Waals surface area contributed by atoms with Crippen LogP contribution in [0.25, 0.3) is 6.08 Å². The summed E-state index contributed by atoms with van der Waals surface area (Å²) in [4.78, 5) is 14.5. The van der Waals surface area contributed by atoms with E-state index >= 15 is 0 Å². The number of amides is 2. The number of nitrogens with zero attached hydrogens (tertiary/aromatic N) is 1. The Morgan fingerprint density at radius 3 is 2.62 bits per heavy atom. The molecule has 0 saturated carbocycles. The van der Waals surface area contributed by atoms with E-state index in [0.29, 0.717) is 5.02 Å². The van der Waals surface area contributed by atoms with E-state index in [1.807, 2.05) is 36.4 Å². The molecule has 1 aliphatic rings. The van der Waals surface area contributed by atoms with Crippen molar-refractivity contribution in [3.05, 3.63) is 76.9 Å². The van der Waals surface area contributed by atoms with Gasteiger partial charge in [0.2, 0.25) is 0 Å². The number of rotatable bonds is 5. The molecular formula is C21H24ClN3O. The number of carbonyl (C=O) groups is 1. The summed E-state index contributed by atoms with van der Waals surface area (Å²) in [7, 11) is 0. The Bertz CT molecular complexity index is 740. The third-order valence-corrected chi connectivity index (χ3v) is 4.75. The monoisotopic (exact) mass is 369 g/mol. The summed E-state index contributed by atoms with van der Waals surface area (Å²) in [5.74, 6) is 0. The second-order valence-electron chi connectivity index (χ2n) is 6.54. The number of halogens is 1. The first-order valence-corrected chi connectivity index (χ1v) is 9.32. The molecule has 2 aromatic carbocycles. The molecule has 1 aliphatic heterocycles. The number of hydrogen-bond donors (Lipinski definition) is 2. The van der Waals surface area contributed by atoms with Gasteiger partial charge in [-0.2, -0.15) is 0 Å². The maximum atomic E-state index is 12.0. The molecule has 2 aromatic rings. The van der Waals surface area contributed by atoms with Gasteiger partial charge in [0.25, 0.3) is 0 Å². The Labute approximate surface area is 159 Å². The average molecular weight is 370 g/mol. The Balaban J connectivity index is 1.38. The maximum Gasteiger partial charge on any atom is 0.318 e. The van der Waals surface area contributed by atoms with Crippen LogP contribution in [0.5, 0.6) is 0 Å². The number of likely N-dealkylation sites (tertiary alicyclic amines) is 1. The highest BCUT2D eigenvalue weighted by molar-refractivity contribution is 6.30. The fourth-order valence-electron chi connectivity index (χ4n) is 3.13. The van der Waals surface area contributed by atoms with Gasteiger partial charge in [0.1, 0.15) is 0 Å². The lowest BCUT2D eigenvalue weighted by Gasteiger charge is -2.32. The highest BCUT2D eigenvalue weighted by Crippen LogP contribution is 2.14. The molecule has 3 rings (SSSR count). The molecule has 1 saturated heterocycles. The molecule has 4 nitrogen and oxygen atoms in total. The van der Waals surface area contributed by atoms with Crippen molar-refractivity contribution in [2.45, 2.75) is 25.4 Å². The SMILES string of the molecule is O=C(N/C=C/c1cccc(Cl)c1)NC1CCN(Cc2ccccc2)CC1. The summed E-state index contributed by atoms with van der Waals surface area (Å²) in [6.45, 7) is 2.97. The summed E-state index contributed by atoms with van der Waals surface area (Å²) < 4.78 is 0. The molecule has 1 fully saturated rings. The lowest BCUT2D eigenvalue weighted by molar-refractivity contribution is 0.187. The Morgan fingerprint density at radius 1 is 1.12 bits per heavy atom. The molecule has 0 unspecified atom stereocenters. The van der Waals surface area contributed by atoms with E-state index in [2.05, 4.69) is 39.8 Å². The van der Waals surface area contributed by atoms with Gasteiger partial charge < -0.3 is 10.6 Å². The minimum absolute atomic E-state index is 0.162. The number of hydrogen-bond acceptors (Lipinski definition) is 2. The van der Waals surface area contributed by atoms with Gasteiger partial charge in [-0.05, 0) is 42.2 Å². The normalized spacial score (nSPS) is 15.9. The van der Waals surface area contributed by atoms with Gasteiger partial charge in [-0.1, -0.05) is 54.1 Å². The van der Waals surface area contributed by atoms with Crippen LogP contribution in [0.15, 0.2) is 60.8 Å². The largest absolute Gasteiger partial charge is 0.335 e. The van der Waals surface area contributed by atoms with E-state index in [1.165, 1.54) is 5.56 Å². The Hall–Kier alpha value is -2.30. The number of carbonyl (C=O) groups excluding carboxylic acids is 1. The van der Waals surface area contributed by atoms with Crippen LogP contribution in [0.4, 0.5) is 4.79 Å². The van der Waals surface area contributed by atoms with Crippen LogP contribution in [0.1, 0.15) is 24.0 Å². The Morgan fingerprint density at radius 2 is 1.88 bits per heavy atom. The highest BCUT2D eigenvalue weighted by Gasteiger charge is 2.20. The van der Waals surface area contributed by atoms with Gasteiger partial charge in [0, 0.05) is 36.9 Å². The van der Waals surface area contributed by atoms with Crippen molar-refractivity contribution >= 4 is 23.7 Å². The molecule has 0 radical (unpaired) electrons. The third-order valence-electron chi connectivity index (χ3n) is 4.51. The second kappa shape index (κ2) is 9.41. The summed E-state index contributed by atoms with van der Waals surface area (Å²) in [6.07, 6.45) is 5.41. The molecular weight excluding hydrogens is 346 g/mol. The molecule has 0 bridgehead atoms. The number of piperidine rings is 1. The zero-order valence-corrected chi connectivity index (χ0v) is 15.5. The standard InChI is InChI=1S/C21H24ClN3O/c22-19-8-4-7-17(15-19)9-12-23-21(26)24-20-10-13-25(14-11-20)16-18-5-2-1-3-6-18/h1-9,12,15,20H,10-11,13-14,16H2,(H2,23,24,26)/b12-9+. The van der Waals surface area contributed by atoms with E-state index in [9.17, 15) is 4.79 Å². The molecule has 0 atom stereocenters. The van der Waals surface area contributed by atoms with Gasteiger partial charge in [-0.15, -0.1) is 0 Å². The Kier molecular flexibility index (Phi) is 6.69. The van der Waals surface area contributed by atoms with Crippen LogP contribution in [-0.4, -0.2) is 30.1 Å². The van der Waals surface area contributed by atoms with E-state index in [0.717, 1.165) is 38.0 Å². The third kappa shape index (κ3) is 5.90. The van der Waals surface area contributed by atoms with Crippen molar-refractivity contribution in [3.63, 3.8) is 0 Å². The first kappa shape index (κ1) is 18.5. The topological polar surface area (TPSA) is 44.4 Å². The van der Waals surface area contributed by atoms with Crippen LogP contribution < -0.4 is 10.6 Å². The zero-order valence-electron chi connectivity index (χ0n) is 14.7. The molecule has 26 heavy (non-hydrogen) atoms. The molecule has 5 heteroatoms. The van der Waals surface area contributed by atoms with Crippen molar-refractivity contribution in [1.82, 2.24) is 15.5 Å². The van der Waals surface area contributed by atoms with Crippen LogP contribution >= 0.6 is 11.6 Å². The van der Waals surface area contributed by atoms with Crippen LogP contribution in [0, 0.1) is 0 Å². The van der Waals surface area contributed by atoms with Crippen molar-refractivity contribution < 1.29 is 4.79 Å². The molecule has 136 valence electrons. The average Bonchev–Trinajstić information content (AvgIpc) is 2.64. The predicted molar refractivity (Wildman–Crippen MR) is 107 cm³/mol. The van der Waals surface area contributed by atoms with Crippen LogP contribution in [-0.2, 0) is 6.54 Å². The molecule has 0 aliphatic carbocycles. The molecule has 1 heterocycles. The quantitative estimate of drug-likeness (QED) is 0.826. The summed E-state index contributed by atoms with van der Waals surface area (Å²) in [5, 5.41) is 6.49. The smallest absolute Gasteiger partial charge is 0.318 e. The fourth-order valence-corrected chi connectivity index (χ4v) is 3.33. The van der Waals surface area contributed by atoms with E-state index in [1.54, 1.807) is 6.20 Å². The fraction of sp³-hybridized carbons (Fsp3) is 0.286. The van der Waals surface area contributed by atoms with Gasteiger partial charge in [-0.3, -0.25) is 4.90 Å².